The van der Waals surface area contributed by atoms with Gasteiger partial charge in [-0.1, -0.05) is 6.07 Å². The minimum Gasteiger partial charge on any atom is -0.480 e. The third-order valence-electron chi connectivity index (χ3n) is 3.57. The number of sulfonamides is 1. The SMILES string of the molecule is NC(CCl)=Nc1cccc(S(=O)(=O)N2CCCCC2C(=O)O)c1. The second-order valence-electron chi connectivity index (χ2n) is 5.20. The second-order valence-corrected chi connectivity index (χ2v) is 7.36. The first-order valence-electron chi connectivity index (χ1n) is 7.10. The molecule has 0 aromatic heterocycles. The van der Waals surface area contributed by atoms with E-state index < -0.39 is 22.0 Å². The average molecular weight is 360 g/mol. The van der Waals surface area contributed by atoms with E-state index in [4.69, 9.17) is 17.3 Å². The molecule has 1 aliphatic heterocycles. The summed E-state index contributed by atoms with van der Waals surface area (Å²) in [6.45, 7) is 0.191. The fourth-order valence-corrected chi connectivity index (χ4v) is 4.23. The Morgan fingerprint density at radius 1 is 1.43 bits per heavy atom. The Hall–Kier alpha value is -1.64. The molecule has 1 heterocycles. The van der Waals surface area contributed by atoms with Gasteiger partial charge in [-0.05, 0) is 37.5 Å². The topological polar surface area (TPSA) is 113 Å². The van der Waals surface area contributed by atoms with Crippen molar-refractivity contribution in [3.05, 3.63) is 24.3 Å². The average Bonchev–Trinajstić information content (AvgIpc) is 2.55. The van der Waals surface area contributed by atoms with E-state index in [-0.39, 0.29) is 23.2 Å². The standard InChI is InChI=1S/C14H18ClN3O4S/c15-9-13(16)17-10-4-3-5-11(8-10)23(21,22)18-7-2-1-6-12(18)14(19)20/h3-5,8,12H,1-2,6-7,9H2,(H2,16,17)(H,19,20). The number of piperidine rings is 1. The molecule has 126 valence electrons. The molecule has 1 aromatic rings. The van der Waals surface area contributed by atoms with Crippen LogP contribution in [0, 0.1) is 0 Å². The first-order valence-corrected chi connectivity index (χ1v) is 9.07. The zero-order valence-corrected chi connectivity index (χ0v) is 13.9. The van der Waals surface area contributed by atoms with Gasteiger partial charge in [0.2, 0.25) is 10.0 Å². The van der Waals surface area contributed by atoms with Crippen LogP contribution in [0.15, 0.2) is 34.2 Å². The van der Waals surface area contributed by atoms with Crippen LogP contribution in [-0.2, 0) is 14.8 Å². The quantitative estimate of drug-likeness (QED) is 0.470. The van der Waals surface area contributed by atoms with Gasteiger partial charge in [0.1, 0.15) is 11.9 Å². The van der Waals surface area contributed by atoms with Gasteiger partial charge in [0.15, 0.2) is 0 Å². The highest BCUT2D eigenvalue weighted by atomic mass is 35.5. The molecule has 1 fully saturated rings. The van der Waals surface area contributed by atoms with Gasteiger partial charge in [-0.15, -0.1) is 11.6 Å². The molecule has 1 atom stereocenters. The summed E-state index contributed by atoms with van der Waals surface area (Å²) < 4.78 is 26.6. The van der Waals surface area contributed by atoms with Gasteiger partial charge in [0.25, 0.3) is 0 Å². The van der Waals surface area contributed by atoms with Crippen LogP contribution in [0.25, 0.3) is 0 Å². The molecule has 1 saturated heterocycles. The molecule has 9 heteroatoms. The molecule has 7 nitrogen and oxygen atoms in total. The highest BCUT2D eigenvalue weighted by Gasteiger charge is 2.37. The summed E-state index contributed by atoms with van der Waals surface area (Å²) in [5, 5.41) is 9.27. The van der Waals surface area contributed by atoms with Crippen LogP contribution < -0.4 is 5.73 Å². The van der Waals surface area contributed by atoms with Crippen LogP contribution >= 0.6 is 11.6 Å². The van der Waals surface area contributed by atoms with Gasteiger partial charge in [-0.2, -0.15) is 4.31 Å². The largest absolute Gasteiger partial charge is 0.480 e. The molecule has 2 rings (SSSR count). The third-order valence-corrected chi connectivity index (χ3v) is 5.75. The summed E-state index contributed by atoms with van der Waals surface area (Å²) in [6, 6.07) is 4.88. The molecule has 0 amide bonds. The first-order chi connectivity index (χ1) is 10.9. The van der Waals surface area contributed by atoms with Crippen molar-refractivity contribution in [2.45, 2.75) is 30.2 Å². The first kappa shape index (κ1) is 17.7. The Bertz CT molecular complexity index is 720. The monoisotopic (exact) mass is 359 g/mol. The maximum Gasteiger partial charge on any atom is 0.322 e. The molecule has 0 radical (unpaired) electrons. The fraction of sp³-hybridized carbons (Fsp3) is 0.429. The molecule has 0 aliphatic carbocycles. The van der Waals surface area contributed by atoms with Crippen molar-refractivity contribution in [2.75, 3.05) is 12.4 Å². The summed E-state index contributed by atoms with van der Waals surface area (Å²) >= 11 is 5.56. The molecule has 1 aromatic carbocycles. The maximum atomic E-state index is 12.8. The molecule has 1 unspecified atom stereocenters. The number of alkyl halides is 1. The zero-order chi connectivity index (χ0) is 17.0. The summed E-state index contributed by atoms with van der Waals surface area (Å²) in [5.41, 5.74) is 5.90. The van der Waals surface area contributed by atoms with E-state index in [9.17, 15) is 18.3 Å². The van der Waals surface area contributed by atoms with Crippen LogP contribution in [0.3, 0.4) is 0 Å². The van der Waals surface area contributed by atoms with Crippen molar-refractivity contribution >= 4 is 39.1 Å². The molecule has 1 aliphatic rings. The van der Waals surface area contributed by atoms with Gasteiger partial charge in [-0.25, -0.2) is 13.4 Å². The number of carboxylic acid groups (broad SMARTS) is 1. The van der Waals surface area contributed by atoms with E-state index >= 15 is 0 Å². The number of benzene rings is 1. The fourth-order valence-electron chi connectivity index (χ4n) is 2.48. The lowest BCUT2D eigenvalue weighted by atomic mass is 10.1. The maximum absolute atomic E-state index is 12.8. The lowest BCUT2D eigenvalue weighted by Crippen LogP contribution is -2.47. The van der Waals surface area contributed by atoms with E-state index in [1.165, 1.54) is 18.2 Å². The number of aliphatic imine (C=N–C) groups is 1. The predicted octanol–water partition coefficient (Wildman–Crippen LogP) is 1.54. The minimum absolute atomic E-state index is 0.00530. The van der Waals surface area contributed by atoms with Crippen molar-refractivity contribution in [3.8, 4) is 0 Å². The van der Waals surface area contributed by atoms with Gasteiger partial charge < -0.3 is 10.8 Å². The lowest BCUT2D eigenvalue weighted by Gasteiger charge is -2.31. The molecular formula is C14H18ClN3O4S. The van der Waals surface area contributed by atoms with Crippen LogP contribution in [-0.4, -0.2) is 48.1 Å². The molecule has 0 spiro atoms. The van der Waals surface area contributed by atoms with Crippen LogP contribution in [0.1, 0.15) is 19.3 Å². The van der Waals surface area contributed by atoms with Gasteiger partial charge >= 0.3 is 5.97 Å². The highest BCUT2D eigenvalue weighted by molar-refractivity contribution is 7.89. The minimum atomic E-state index is -3.91. The second kappa shape index (κ2) is 7.29. The van der Waals surface area contributed by atoms with Gasteiger partial charge in [-0.3, -0.25) is 4.79 Å². The summed E-state index contributed by atoms with van der Waals surface area (Å²) in [5.74, 6) is -0.930. The molecule has 0 saturated carbocycles. The zero-order valence-electron chi connectivity index (χ0n) is 12.4. The summed E-state index contributed by atoms with van der Waals surface area (Å²) in [6.07, 6.45) is 1.64. The normalized spacial score (nSPS) is 20.4. The van der Waals surface area contributed by atoms with Gasteiger partial charge in [0.05, 0.1) is 16.5 Å². The Morgan fingerprint density at radius 3 is 2.83 bits per heavy atom. The number of hydrogen-bond donors (Lipinski definition) is 2. The Morgan fingerprint density at radius 2 is 2.17 bits per heavy atom. The van der Waals surface area contributed by atoms with Crippen molar-refractivity contribution in [1.82, 2.24) is 4.31 Å². The van der Waals surface area contributed by atoms with Crippen molar-refractivity contribution in [2.24, 2.45) is 10.7 Å². The molecule has 23 heavy (non-hydrogen) atoms. The number of nitrogens with two attached hydrogens (primary N) is 1. The van der Waals surface area contributed by atoms with E-state index in [1.807, 2.05) is 0 Å². The van der Waals surface area contributed by atoms with Crippen molar-refractivity contribution in [3.63, 3.8) is 0 Å². The number of aliphatic carboxylic acids is 1. The van der Waals surface area contributed by atoms with E-state index in [1.54, 1.807) is 6.07 Å². The number of amidine groups is 1. The Kier molecular flexibility index (Phi) is 5.61. The third kappa shape index (κ3) is 4.01. The van der Waals surface area contributed by atoms with Crippen LogP contribution in [0.4, 0.5) is 5.69 Å². The Balaban J connectivity index is 2.39. The molecular weight excluding hydrogens is 342 g/mol. The van der Waals surface area contributed by atoms with E-state index in [2.05, 4.69) is 4.99 Å². The van der Waals surface area contributed by atoms with Crippen LogP contribution in [0.2, 0.25) is 0 Å². The number of halogens is 1. The number of carboxylic acids is 1. The van der Waals surface area contributed by atoms with Crippen molar-refractivity contribution in [1.29, 1.82) is 0 Å². The number of hydrogen-bond acceptors (Lipinski definition) is 4. The smallest absolute Gasteiger partial charge is 0.322 e. The molecule has 0 bridgehead atoms. The van der Waals surface area contributed by atoms with E-state index in [0.29, 0.717) is 24.9 Å². The van der Waals surface area contributed by atoms with Crippen LogP contribution in [0.5, 0.6) is 0 Å². The van der Waals surface area contributed by atoms with E-state index in [0.717, 1.165) is 4.31 Å². The number of rotatable bonds is 5. The number of carbonyl (C=O) groups is 1. The Labute approximate surface area is 139 Å². The van der Waals surface area contributed by atoms with Crippen molar-refractivity contribution < 1.29 is 18.3 Å². The molecule has 3 N–H and O–H groups in total. The highest BCUT2D eigenvalue weighted by Crippen LogP contribution is 2.27. The summed E-state index contributed by atoms with van der Waals surface area (Å²) in [4.78, 5) is 15.3. The number of nitrogens with zero attached hydrogens (tertiary/aromatic N) is 2. The predicted molar refractivity (Wildman–Crippen MR) is 87.6 cm³/mol. The summed E-state index contributed by atoms with van der Waals surface area (Å²) in [7, 11) is -3.91. The lowest BCUT2D eigenvalue weighted by molar-refractivity contribution is -0.142. The van der Waals surface area contributed by atoms with Gasteiger partial charge in [0, 0.05) is 6.54 Å².